The highest BCUT2D eigenvalue weighted by Gasteiger charge is 2.19. The summed E-state index contributed by atoms with van der Waals surface area (Å²) in [6.07, 6.45) is 3.21. The average Bonchev–Trinajstić information content (AvgIpc) is 3.11. The number of aryl methyl sites for hydroxylation is 1. The molecule has 0 amide bonds. The molecule has 1 heterocycles. The van der Waals surface area contributed by atoms with E-state index in [1.54, 1.807) is 19.2 Å². The van der Waals surface area contributed by atoms with Crippen LogP contribution in [-0.4, -0.2) is 18.0 Å². The monoisotopic (exact) mass is 411 g/mol. The van der Waals surface area contributed by atoms with Crippen LogP contribution in [0.4, 0.5) is 0 Å². The van der Waals surface area contributed by atoms with Gasteiger partial charge in [-0.05, 0) is 44.5 Å². The standard InChI is InChI=1S/C22H25N3O3S/c1-4-25-21(16-23-22(25)28-20-12-10-17(2)11-13-20)18(3)24-29(26,27)15-14-19-8-6-5-7-9-19/h5-16,18,24H,4H2,1-3H3. The van der Waals surface area contributed by atoms with Crippen LogP contribution in [0.1, 0.15) is 36.7 Å². The number of hydrogen-bond donors (Lipinski definition) is 1. The van der Waals surface area contributed by atoms with Crippen molar-refractivity contribution in [3.05, 3.63) is 83.0 Å². The molecule has 6 nitrogen and oxygen atoms in total. The molecule has 0 saturated carbocycles. The van der Waals surface area contributed by atoms with Crippen LogP contribution in [0.2, 0.25) is 0 Å². The molecule has 1 atom stereocenters. The Kier molecular flexibility index (Phi) is 6.51. The number of benzene rings is 2. The lowest BCUT2D eigenvalue weighted by Crippen LogP contribution is -2.26. The summed E-state index contributed by atoms with van der Waals surface area (Å²) in [6, 6.07) is 16.9. The highest BCUT2D eigenvalue weighted by atomic mass is 32.2. The Morgan fingerprint density at radius 3 is 2.48 bits per heavy atom. The van der Waals surface area contributed by atoms with Crippen molar-refractivity contribution in [1.82, 2.24) is 14.3 Å². The molecule has 0 fully saturated rings. The molecule has 2 aromatic carbocycles. The minimum absolute atomic E-state index is 0.428. The zero-order valence-corrected chi connectivity index (χ0v) is 17.6. The second-order valence-electron chi connectivity index (χ2n) is 6.72. The van der Waals surface area contributed by atoms with E-state index in [0.29, 0.717) is 18.3 Å². The van der Waals surface area contributed by atoms with Crippen LogP contribution in [0, 0.1) is 6.92 Å². The summed E-state index contributed by atoms with van der Waals surface area (Å²) in [7, 11) is -3.62. The van der Waals surface area contributed by atoms with Crippen molar-refractivity contribution in [1.29, 1.82) is 0 Å². The van der Waals surface area contributed by atoms with Crippen molar-refractivity contribution >= 4 is 16.1 Å². The summed E-state index contributed by atoms with van der Waals surface area (Å²) >= 11 is 0. The number of rotatable bonds is 8. The number of hydrogen-bond acceptors (Lipinski definition) is 4. The first kappa shape index (κ1) is 20.8. The summed E-state index contributed by atoms with van der Waals surface area (Å²) in [4.78, 5) is 4.34. The van der Waals surface area contributed by atoms with Crippen molar-refractivity contribution in [3.63, 3.8) is 0 Å². The van der Waals surface area contributed by atoms with Gasteiger partial charge in [0.25, 0.3) is 0 Å². The average molecular weight is 412 g/mol. The number of sulfonamides is 1. The number of aromatic nitrogens is 2. The molecular weight excluding hydrogens is 386 g/mol. The van der Waals surface area contributed by atoms with E-state index in [-0.39, 0.29) is 0 Å². The molecule has 0 aliphatic carbocycles. The van der Waals surface area contributed by atoms with E-state index in [0.717, 1.165) is 16.8 Å². The smallest absolute Gasteiger partial charge is 0.302 e. The van der Waals surface area contributed by atoms with Gasteiger partial charge in [0, 0.05) is 12.0 Å². The lowest BCUT2D eigenvalue weighted by Gasteiger charge is -2.16. The first-order valence-electron chi connectivity index (χ1n) is 9.43. The Morgan fingerprint density at radius 1 is 1.14 bits per heavy atom. The minimum atomic E-state index is -3.62. The van der Waals surface area contributed by atoms with E-state index in [2.05, 4.69) is 9.71 Å². The van der Waals surface area contributed by atoms with Crippen molar-refractivity contribution in [3.8, 4) is 11.8 Å². The largest absolute Gasteiger partial charge is 0.426 e. The molecule has 0 saturated heterocycles. The van der Waals surface area contributed by atoms with Crippen LogP contribution in [0.25, 0.3) is 6.08 Å². The van der Waals surface area contributed by atoms with Gasteiger partial charge in [-0.3, -0.25) is 4.57 Å². The molecule has 1 aromatic heterocycles. The molecule has 152 valence electrons. The van der Waals surface area contributed by atoms with E-state index in [1.165, 1.54) is 5.41 Å². The van der Waals surface area contributed by atoms with Gasteiger partial charge in [-0.15, -0.1) is 0 Å². The fourth-order valence-corrected chi connectivity index (χ4v) is 3.93. The molecule has 29 heavy (non-hydrogen) atoms. The second-order valence-corrected chi connectivity index (χ2v) is 8.32. The van der Waals surface area contributed by atoms with Gasteiger partial charge in [0.1, 0.15) is 5.75 Å². The fraction of sp³-hybridized carbons (Fsp3) is 0.227. The first-order valence-corrected chi connectivity index (χ1v) is 11.0. The van der Waals surface area contributed by atoms with Crippen LogP contribution in [0.15, 0.2) is 66.2 Å². The first-order chi connectivity index (χ1) is 13.9. The van der Waals surface area contributed by atoms with Crippen molar-refractivity contribution < 1.29 is 13.2 Å². The Bertz CT molecular complexity index is 1070. The van der Waals surface area contributed by atoms with Crippen LogP contribution in [-0.2, 0) is 16.6 Å². The third kappa shape index (κ3) is 5.56. The Balaban J connectivity index is 1.75. The molecule has 1 N–H and O–H groups in total. The van der Waals surface area contributed by atoms with Gasteiger partial charge in [0.15, 0.2) is 0 Å². The predicted molar refractivity (Wildman–Crippen MR) is 115 cm³/mol. The van der Waals surface area contributed by atoms with Crippen molar-refractivity contribution in [2.24, 2.45) is 0 Å². The van der Waals surface area contributed by atoms with Gasteiger partial charge in [0.05, 0.1) is 17.9 Å². The Morgan fingerprint density at radius 2 is 1.83 bits per heavy atom. The SMILES string of the molecule is CCn1c(C(C)NS(=O)(=O)C=Cc2ccccc2)cnc1Oc1ccc(C)cc1. The summed E-state index contributed by atoms with van der Waals surface area (Å²) < 4.78 is 35.3. The maximum Gasteiger partial charge on any atom is 0.302 e. The lowest BCUT2D eigenvalue weighted by molar-refractivity contribution is 0.408. The normalized spacial score (nSPS) is 12.9. The zero-order chi connectivity index (χ0) is 20.9. The topological polar surface area (TPSA) is 73.2 Å². The molecule has 0 radical (unpaired) electrons. The van der Waals surface area contributed by atoms with Gasteiger partial charge < -0.3 is 4.74 Å². The van der Waals surface area contributed by atoms with Gasteiger partial charge >= 0.3 is 6.01 Å². The third-order valence-corrected chi connectivity index (χ3v) is 5.60. The number of ether oxygens (including phenoxy) is 1. The molecule has 0 aliphatic rings. The maximum absolute atomic E-state index is 12.5. The van der Waals surface area contributed by atoms with E-state index >= 15 is 0 Å². The molecule has 3 aromatic rings. The lowest BCUT2D eigenvalue weighted by atomic mass is 10.2. The quantitative estimate of drug-likeness (QED) is 0.585. The van der Waals surface area contributed by atoms with Crippen LogP contribution < -0.4 is 9.46 Å². The summed E-state index contributed by atoms with van der Waals surface area (Å²) in [5.41, 5.74) is 2.69. The summed E-state index contributed by atoms with van der Waals surface area (Å²) in [5.74, 6) is 0.682. The summed E-state index contributed by atoms with van der Waals surface area (Å²) in [5, 5.41) is 1.18. The number of nitrogens with zero attached hydrogens (tertiary/aromatic N) is 2. The molecule has 0 spiro atoms. The van der Waals surface area contributed by atoms with E-state index in [4.69, 9.17) is 4.74 Å². The van der Waals surface area contributed by atoms with Crippen molar-refractivity contribution in [2.75, 3.05) is 0 Å². The van der Waals surface area contributed by atoms with Gasteiger partial charge in [0.2, 0.25) is 10.0 Å². The van der Waals surface area contributed by atoms with Gasteiger partial charge in [-0.1, -0.05) is 48.0 Å². The molecule has 1 unspecified atom stereocenters. The van der Waals surface area contributed by atoms with Crippen molar-refractivity contribution in [2.45, 2.75) is 33.4 Å². The molecular formula is C22H25N3O3S. The highest BCUT2D eigenvalue weighted by Crippen LogP contribution is 2.25. The third-order valence-electron chi connectivity index (χ3n) is 4.42. The number of nitrogens with one attached hydrogen (secondary N) is 1. The number of imidazole rings is 1. The molecule has 0 aliphatic heterocycles. The zero-order valence-electron chi connectivity index (χ0n) is 16.7. The van der Waals surface area contributed by atoms with E-state index in [9.17, 15) is 8.42 Å². The van der Waals surface area contributed by atoms with E-state index < -0.39 is 16.1 Å². The molecule has 0 bridgehead atoms. The van der Waals surface area contributed by atoms with Crippen LogP contribution in [0.3, 0.4) is 0 Å². The second kappa shape index (κ2) is 9.07. The Labute approximate surface area is 171 Å². The van der Waals surface area contributed by atoms with E-state index in [1.807, 2.05) is 73.0 Å². The molecule has 7 heteroatoms. The maximum atomic E-state index is 12.5. The van der Waals surface area contributed by atoms with Crippen LogP contribution in [0.5, 0.6) is 11.8 Å². The fourth-order valence-electron chi connectivity index (χ4n) is 2.91. The van der Waals surface area contributed by atoms with Gasteiger partial charge in [-0.25, -0.2) is 18.1 Å². The Hall–Kier alpha value is -2.90. The van der Waals surface area contributed by atoms with Gasteiger partial charge in [-0.2, -0.15) is 0 Å². The highest BCUT2D eigenvalue weighted by molar-refractivity contribution is 7.92. The van der Waals surface area contributed by atoms with Crippen LogP contribution >= 0.6 is 0 Å². The molecule has 3 rings (SSSR count). The summed E-state index contributed by atoms with van der Waals surface area (Å²) in [6.45, 7) is 6.35. The predicted octanol–water partition coefficient (Wildman–Crippen LogP) is 4.66. The minimum Gasteiger partial charge on any atom is -0.426 e.